The van der Waals surface area contributed by atoms with Gasteiger partial charge >= 0.3 is 0 Å². The first-order valence-corrected chi connectivity index (χ1v) is 10.3. The Kier molecular flexibility index (Phi) is 9.72. The van der Waals surface area contributed by atoms with Crippen molar-refractivity contribution in [1.82, 2.24) is 0 Å². The SMILES string of the molecule is CCCCCOc1ccc(/C=C(\C#N)c2ccc(OCCCCC)cc2)cc1. The molecule has 2 aromatic carbocycles. The zero-order valence-electron chi connectivity index (χ0n) is 17.1. The number of allylic oxidation sites excluding steroid dienone is 1. The number of ether oxygens (including phenoxy) is 2. The third-order valence-electron chi connectivity index (χ3n) is 4.51. The first-order chi connectivity index (χ1) is 13.8. The van der Waals surface area contributed by atoms with Crippen molar-refractivity contribution in [3.8, 4) is 17.6 Å². The van der Waals surface area contributed by atoms with Crippen LogP contribution >= 0.6 is 0 Å². The monoisotopic (exact) mass is 377 g/mol. The second-order valence-electron chi connectivity index (χ2n) is 6.87. The van der Waals surface area contributed by atoms with Crippen LogP contribution in [0, 0.1) is 11.3 Å². The first-order valence-electron chi connectivity index (χ1n) is 10.3. The number of nitrogens with zero attached hydrogens (tertiary/aromatic N) is 1. The molecule has 0 spiro atoms. The number of benzene rings is 2. The Morgan fingerprint density at radius 3 is 1.75 bits per heavy atom. The first kappa shape index (κ1) is 21.6. The minimum Gasteiger partial charge on any atom is -0.494 e. The third kappa shape index (κ3) is 7.48. The van der Waals surface area contributed by atoms with Crippen molar-refractivity contribution in [1.29, 1.82) is 5.26 Å². The molecular formula is C25H31NO2. The number of unbranched alkanes of at least 4 members (excludes halogenated alkanes) is 4. The molecule has 0 saturated heterocycles. The molecule has 0 aliphatic rings. The highest BCUT2D eigenvalue weighted by molar-refractivity contribution is 5.89. The Morgan fingerprint density at radius 1 is 0.786 bits per heavy atom. The normalized spacial score (nSPS) is 11.1. The quantitative estimate of drug-likeness (QED) is 0.230. The maximum absolute atomic E-state index is 9.56. The van der Waals surface area contributed by atoms with Gasteiger partial charge < -0.3 is 9.47 Å². The predicted molar refractivity (Wildman–Crippen MR) is 116 cm³/mol. The van der Waals surface area contributed by atoms with E-state index < -0.39 is 0 Å². The van der Waals surface area contributed by atoms with Gasteiger partial charge in [0.2, 0.25) is 0 Å². The molecule has 0 heterocycles. The Morgan fingerprint density at radius 2 is 1.29 bits per heavy atom. The maximum Gasteiger partial charge on any atom is 0.119 e. The van der Waals surface area contributed by atoms with Gasteiger partial charge in [-0.25, -0.2) is 0 Å². The Bertz CT molecular complexity index is 755. The average Bonchev–Trinajstić information content (AvgIpc) is 2.74. The molecule has 2 rings (SSSR count). The summed E-state index contributed by atoms with van der Waals surface area (Å²) >= 11 is 0. The molecule has 0 N–H and O–H groups in total. The standard InChI is InChI=1S/C25H31NO2/c1-3-5-7-17-27-24-13-9-21(10-14-24)19-23(20-26)22-11-15-25(16-12-22)28-18-8-6-4-2/h9-16,19H,3-8,17-18H2,1-2H3/b23-19+. The lowest BCUT2D eigenvalue weighted by Crippen LogP contribution is -1.97. The molecule has 28 heavy (non-hydrogen) atoms. The Balaban J connectivity index is 1.96. The van der Waals surface area contributed by atoms with Crippen LogP contribution in [-0.4, -0.2) is 13.2 Å². The van der Waals surface area contributed by atoms with Crippen molar-refractivity contribution in [3.63, 3.8) is 0 Å². The summed E-state index contributed by atoms with van der Waals surface area (Å²) in [6.45, 7) is 5.85. The molecule has 3 nitrogen and oxygen atoms in total. The summed E-state index contributed by atoms with van der Waals surface area (Å²) in [6, 6.07) is 17.9. The molecule has 0 aliphatic carbocycles. The molecule has 3 heteroatoms. The van der Waals surface area contributed by atoms with Crippen LogP contribution in [0.5, 0.6) is 11.5 Å². The second kappa shape index (κ2) is 12.6. The fraction of sp³-hybridized carbons (Fsp3) is 0.400. The molecule has 0 saturated carbocycles. The summed E-state index contributed by atoms with van der Waals surface area (Å²) in [6.07, 6.45) is 8.80. The molecule has 0 fully saturated rings. The van der Waals surface area contributed by atoms with Crippen LogP contribution in [0.1, 0.15) is 63.5 Å². The Hall–Kier alpha value is -2.73. The van der Waals surface area contributed by atoms with Crippen LogP contribution < -0.4 is 9.47 Å². The topological polar surface area (TPSA) is 42.2 Å². The van der Waals surface area contributed by atoms with E-state index in [1.165, 1.54) is 25.7 Å². The zero-order chi connectivity index (χ0) is 20.0. The van der Waals surface area contributed by atoms with E-state index in [0.29, 0.717) is 5.57 Å². The van der Waals surface area contributed by atoms with Gasteiger partial charge in [-0.2, -0.15) is 5.26 Å². The van der Waals surface area contributed by atoms with Crippen molar-refractivity contribution in [2.75, 3.05) is 13.2 Å². The predicted octanol–water partition coefficient (Wildman–Crippen LogP) is 6.89. The smallest absolute Gasteiger partial charge is 0.119 e. The lowest BCUT2D eigenvalue weighted by Gasteiger charge is -2.07. The van der Waals surface area contributed by atoms with E-state index in [9.17, 15) is 5.26 Å². The van der Waals surface area contributed by atoms with Crippen molar-refractivity contribution in [3.05, 3.63) is 59.7 Å². The molecule has 0 radical (unpaired) electrons. The average molecular weight is 378 g/mol. The lowest BCUT2D eigenvalue weighted by atomic mass is 10.0. The van der Waals surface area contributed by atoms with Gasteiger partial charge in [-0.05, 0) is 66.4 Å². The van der Waals surface area contributed by atoms with Gasteiger partial charge in [0.05, 0.1) is 24.9 Å². The van der Waals surface area contributed by atoms with E-state index >= 15 is 0 Å². The van der Waals surface area contributed by atoms with Gasteiger partial charge in [0, 0.05) is 0 Å². The molecular weight excluding hydrogens is 346 g/mol. The summed E-state index contributed by atoms with van der Waals surface area (Å²) in [4.78, 5) is 0. The highest BCUT2D eigenvalue weighted by Gasteiger charge is 2.03. The maximum atomic E-state index is 9.56. The molecule has 148 valence electrons. The number of hydrogen-bond acceptors (Lipinski definition) is 3. The van der Waals surface area contributed by atoms with Gasteiger partial charge in [0.25, 0.3) is 0 Å². The van der Waals surface area contributed by atoms with Crippen molar-refractivity contribution < 1.29 is 9.47 Å². The minimum absolute atomic E-state index is 0.633. The summed E-state index contributed by atoms with van der Waals surface area (Å²) in [5.74, 6) is 1.72. The fourth-order valence-electron chi connectivity index (χ4n) is 2.82. The molecule has 0 aliphatic heterocycles. The van der Waals surface area contributed by atoms with Crippen LogP contribution in [0.3, 0.4) is 0 Å². The van der Waals surface area contributed by atoms with Gasteiger partial charge in [0.15, 0.2) is 0 Å². The molecule has 0 aromatic heterocycles. The summed E-state index contributed by atoms with van der Waals surface area (Å²) in [5.41, 5.74) is 2.51. The van der Waals surface area contributed by atoms with E-state index in [1.54, 1.807) is 0 Å². The molecule has 0 bridgehead atoms. The van der Waals surface area contributed by atoms with Crippen LogP contribution in [-0.2, 0) is 0 Å². The van der Waals surface area contributed by atoms with E-state index in [1.807, 2.05) is 54.6 Å². The Labute approximate surface area is 169 Å². The van der Waals surface area contributed by atoms with Gasteiger partial charge in [-0.3, -0.25) is 0 Å². The number of hydrogen-bond donors (Lipinski definition) is 0. The van der Waals surface area contributed by atoms with Crippen LogP contribution in [0.15, 0.2) is 48.5 Å². The highest BCUT2D eigenvalue weighted by Crippen LogP contribution is 2.22. The van der Waals surface area contributed by atoms with Crippen LogP contribution in [0.4, 0.5) is 0 Å². The van der Waals surface area contributed by atoms with E-state index in [2.05, 4.69) is 19.9 Å². The van der Waals surface area contributed by atoms with E-state index in [4.69, 9.17) is 9.47 Å². The molecule has 0 atom stereocenters. The van der Waals surface area contributed by atoms with Crippen molar-refractivity contribution >= 4 is 11.6 Å². The summed E-state index contributed by atoms with van der Waals surface area (Å²) < 4.78 is 11.5. The van der Waals surface area contributed by atoms with Crippen LogP contribution in [0.25, 0.3) is 11.6 Å². The summed E-state index contributed by atoms with van der Waals surface area (Å²) in [5, 5.41) is 9.56. The highest BCUT2D eigenvalue weighted by atomic mass is 16.5. The minimum atomic E-state index is 0.633. The van der Waals surface area contributed by atoms with Gasteiger partial charge in [0.1, 0.15) is 11.5 Å². The number of rotatable bonds is 12. The molecule has 0 amide bonds. The van der Waals surface area contributed by atoms with E-state index in [-0.39, 0.29) is 0 Å². The fourth-order valence-corrected chi connectivity index (χ4v) is 2.82. The number of nitriles is 1. The molecule has 0 unspecified atom stereocenters. The molecule has 2 aromatic rings. The van der Waals surface area contributed by atoms with E-state index in [0.717, 1.165) is 48.7 Å². The lowest BCUT2D eigenvalue weighted by molar-refractivity contribution is 0.306. The summed E-state index contributed by atoms with van der Waals surface area (Å²) in [7, 11) is 0. The van der Waals surface area contributed by atoms with Crippen molar-refractivity contribution in [2.24, 2.45) is 0 Å². The largest absolute Gasteiger partial charge is 0.494 e. The van der Waals surface area contributed by atoms with Crippen molar-refractivity contribution in [2.45, 2.75) is 52.4 Å². The third-order valence-corrected chi connectivity index (χ3v) is 4.51. The second-order valence-corrected chi connectivity index (χ2v) is 6.87. The zero-order valence-corrected chi connectivity index (χ0v) is 17.1. The van der Waals surface area contributed by atoms with Gasteiger partial charge in [-0.15, -0.1) is 0 Å². The van der Waals surface area contributed by atoms with Crippen LogP contribution in [0.2, 0.25) is 0 Å². The van der Waals surface area contributed by atoms with Gasteiger partial charge in [-0.1, -0.05) is 51.7 Å².